The van der Waals surface area contributed by atoms with Gasteiger partial charge < -0.3 is 15.8 Å². The van der Waals surface area contributed by atoms with Gasteiger partial charge in [0.25, 0.3) is 0 Å². The van der Waals surface area contributed by atoms with Crippen molar-refractivity contribution in [2.24, 2.45) is 5.73 Å². The molecule has 0 aromatic heterocycles. The summed E-state index contributed by atoms with van der Waals surface area (Å²) >= 11 is 0. The molecule has 2 rings (SSSR count). The average molecular weight is 291 g/mol. The molecule has 1 aliphatic heterocycles. The van der Waals surface area contributed by atoms with Crippen LogP contribution in [-0.4, -0.2) is 43.2 Å². The molecule has 1 aliphatic rings. The van der Waals surface area contributed by atoms with Crippen LogP contribution in [0.5, 0.6) is 0 Å². The normalized spacial score (nSPS) is 19.4. The molecule has 1 aromatic rings. The maximum absolute atomic E-state index is 11.9. The summed E-state index contributed by atoms with van der Waals surface area (Å²) in [5.41, 5.74) is 7.44. The Balaban J connectivity index is 1.69. The molecule has 1 heterocycles. The quantitative estimate of drug-likeness (QED) is 0.835. The highest BCUT2D eigenvalue weighted by atomic mass is 16.5. The van der Waals surface area contributed by atoms with Gasteiger partial charge >= 0.3 is 0 Å². The molecule has 1 amide bonds. The number of morpholine rings is 1. The van der Waals surface area contributed by atoms with Crippen molar-refractivity contribution in [2.75, 3.05) is 31.6 Å². The van der Waals surface area contributed by atoms with Crippen molar-refractivity contribution < 1.29 is 9.53 Å². The van der Waals surface area contributed by atoms with E-state index in [1.165, 1.54) is 0 Å². The second-order valence-electron chi connectivity index (χ2n) is 5.51. The summed E-state index contributed by atoms with van der Waals surface area (Å²) in [5.74, 6) is 0.0661. The predicted octanol–water partition coefficient (Wildman–Crippen LogP) is 1.58. The highest BCUT2D eigenvalue weighted by molar-refractivity contribution is 5.90. The van der Waals surface area contributed by atoms with E-state index < -0.39 is 0 Å². The minimum atomic E-state index is 0.0661. The average Bonchev–Trinajstić information content (AvgIpc) is 2.50. The Bertz CT molecular complexity index is 447. The van der Waals surface area contributed by atoms with E-state index in [0.717, 1.165) is 44.0 Å². The lowest BCUT2D eigenvalue weighted by Crippen LogP contribution is -2.44. The zero-order valence-corrected chi connectivity index (χ0v) is 12.7. The molecule has 5 nitrogen and oxygen atoms in total. The van der Waals surface area contributed by atoms with E-state index in [1.807, 2.05) is 24.3 Å². The molecular weight excluding hydrogens is 266 g/mol. The Morgan fingerprint density at radius 1 is 1.43 bits per heavy atom. The molecule has 0 saturated carbocycles. The molecule has 0 bridgehead atoms. The molecule has 1 aromatic carbocycles. The summed E-state index contributed by atoms with van der Waals surface area (Å²) in [7, 11) is 0. The summed E-state index contributed by atoms with van der Waals surface area (Å²) in [4.78, 5) is 14.3. The summed E-state index contributed by atoms with van der Waals surface area (Å²) in [6.45, 7) is 6.18. The number of nitrogens with zero attached hydrogens (tertiary/aromatic N) is 1. The van der Waals surface area contributed by atoms with Gasteiger partial charge in [-0.2, -0.15) is 0 Å². The van der Waals surface area contributed by atoms with Crippen molar-refractivity contribution in [3.05, 3.63) is 29.8 Å². The molecule has 0 spiro atoms. The van der Waals surface area contributed by atoms with Gasteiger partial charge in [0.2, 0.25) is 5.91 Å². The monoisotopic (exact) mass is 291 g/mol. The largest absolute Gasteiger partial charge is 0.379 e. The third kappa shape index (κ3) is 5.12. The minimum Gasteiger partial charge on any atom is -0.379 e. The smallest absolute Gasteiger partial charge is 0.224 e. The Kier molecular flexibility index (Phi) is 6.17. The first kappa shape index (κ1) is 15.9. The second kappa shape index (κ2) is 8.12. The lowest BCUT2D eigenvalue weighted by atomic mass is 10.2. The summed E-state index contributed by atoms with van der Waals surface area (Å²) in [6.07, 6.45) is 1.42. The van der Waals surface area contributed by atoms with Gasteiger partial charge in [0.1, 0.15) is 0 Å². The van der Waals surface area contributed by atoms with E-state index in [4.69, 9.17) is 10.5 Å². The number of carbonyl (C=O) groups is 1. The second-order valence-corrected chi connectivity index (χ2v) is 5.51. The van der Waals surface area contributed by atoms with Crippen molar-refractivity contribution in [3.63, 3.8) is 0 Å². The third-order valence-electron chi connectivity index (χ3n) is 3.83. The molecular formula is C16H25N3O2. The highest BCUT2D eigenvalue weighted by Crippen LogP contribution is 2.11. The Labute approximate surface area is 126 Å². The molecule has 0 aliphatic carbocycles. The van der Waals surface area contributed by atoms with Crippen molar-refractivity contribution in [1.29, 1.82) is 0 Å². The fourth-order valence-electron chi connectivity index (χ4n) is 2.48. The first-order valence-electron chi connectivity index (χ1n) is 7.59. The van der Waals surface area contributed by atoms with Crippen LogP contribution in [0.2, 0.25) is 0 Å². The topological polar surface area (TPSA) is 67.6 Å². The minimum absolute atomic E-state index is 0.0661. The van der Waals surface area contributed by atoms with Crippen LogP contribution in [0.1, 0.15) is 25.3 Å². The molecule has 21 heavy (non-hydrogen) atoms. The van der Waals surface area contributed by atoms with E-state index in [1.54, 1.807) is 0 Å². The van der Waals surface area contributed by atoms with Crippen LogP contribution >= 0.6 is 0 Å². The Morgan fingerprint density at radius 3 is 2.86 bits per heavy atom. The molecule has 1 atom stereocenters. The number of hydrogen-bond acceptors (Lipinski definition) is 4. The molecule has 5 heteroatoms. The number of nitrogens with one attached hydrogen (secondary N) is 1. The maximum Gasteiger partial charge on any atom is 0.224 e. The van der Waals surface area contributed by atoms with E-state index >= 15 is 0 Å². The van der Waals surface area contributed by atoms with Gasteiger partial charge in [-0.1, -0.05) is 12.1 Å². The van der Waals surface area contributed by atoms with Crippen molar-refractivity contribution in [3.8, 4) is 0 Å². The SMILES string of the molecule is CC1COCCN1CCCC(=O)Nc1ccc(CN)cc1. The van der Waals surface area contributed by atoms with E-state index in [9.17, 15) is 4.79 Å². The van der Waals surface area contributed by atoms with Crippen LogP contribution in [0.4, 0.5) is 5.69 Å². The van der Waals surface area contributed by atoms with Gasteiger partial charge in [0.15, 0.2) is 0 Å². The van der Waals surface area contributed by atoms with E-state index in [2.05, 4.69) is 17.1 Å². The van der Waals surface area contributed by atoms with Gasteiger partial charge in [-0.25, -0.2) is 0 Å². The van der Waals surface area contributed by atoms with Crippen LogP contribution in [0.25, 0.3) is 0 Å². The number of amides is 1. The lowest BCUT2D eigenvalue weighted by Gasteiger charge is -2.33. The van der Waals surface area contributed by atoms with Crippen LogP contribution < -0.4 is 11.1 Å². The molecule has 1 saturated heterocycles. The predicted molar refractivity (Wildman–Crippen MR) is 84.1 cm³/mol. The number of anilines is 1. The fraction of sp³-hybridized carbons (Fsp3) is 0.562. The van der Waals surface area contributed by atoms with Crippen LogP contribution in [0.15, 0.2) is 24.3 Å². The first-order valence-corrected chi connectivity index (χ1v) is 7.59. The van der Waals surface area contributed by atoms with Gasteiger partial charge in [0.05, 0.1) is 13.2 Å². The first-order chi connectivity index (χ1) is 10.2. The number of carbonyl (C=O) groups excluding carboxylic acids is 1. The van der Waals surface area contributed by atoms with Crippen LogP contribution in [0.3, 0.4) is 0 Å². The van der Waals surface area contributed by atoms with Crippen molar-refractivity contribution in [2.45, 2.75) is 32.4 Å². The summed E-state index contributed by atoms with van der Waals surface area (Å²) in [6, 6.07) is 8.11. The van der Waals surface area contributed by atoms with Gasteiger partial charge in [0, 0.05) is 31.2 Å². The third-order valence-corrected chi connectivity index (χ3v) is 3.83. The molecule has 1 fully saturated rings. The standard InChI is InChI=1S/C16H25N3O2/c1-13-12-21-10-9-19(13)8-2-3-16(20)18-15-6-4-14(11-17)5-7-15/h4-7,13H,2-3,8-12,17H2,1H3,(H,18,20). The van der Waals surface area contributed by atoms with Crippen molar-refractivity contribution >= 4 is 11.6 Å². The van der Waals surface area contributed by atoms with Crippen LogP contribution in [0, 0.1) is 0 Å². The number of hydrogen-bond donors (Lipinski definition) is 2. The zero-order valence-electron chi connectivity index (χ0n) is 12.7. The molecule has 0 radical (unpaired) electrons. The number of ether oxygens (including phenoxy) is 1. The summed E-state index contributed by atoms with van der Waals surface area (Å²) in [5, 5.41) is 2.92. The van der Waals surface area contributed by atoms with Crippen LogP contribution in [-0.2, 0) is 16.1 Å². The maximum atomic E-state index is 11.9. The lowest BCUT2D eigenvalue weighted by molar-refractivity contribution is -0.116. The van der Waals surface area contributed by atoms with Gasteiger partial charge in [-0.15, -0.1) is 0 Å². The fourth-order valence-corrected chi connectivity index (χ4v) is 2.48. The Hall–Kier alpha value is -1.43. The molecule has 3 N–H and O–H groups in total. The number of benzene rings is 1. The van der Waals surface area contributed by atoms with E-state index in [0.29, 0.717) is 19.0 Å². The molecule has 1 unspecified atom stereocenters. The zero-order chi connectivity index (χ0) is 15.1. The summed E-state index contributed by atoms with van der Waals surface area (Å²) < 4.78 is 5.41. The van der Waals surface area contributed by atoms with Gasteiger partial charge in [-0.3, -0.25) is 9.69 Å². The molecule has 116 valence electrons. The Morgan fingerprint density at radius 2 is 2.19 bits per heavy atom. The van der Waals surface area contributed by atoms with Crippen molar-refractivity contribution in [1.82, 2.24) is 4.90 Å². The van der Waals surface area contributed by atoms with Gasteiger partial charge in [-0.05, 0) is 37.6 Å². The highest BCUT2D eigenvalue weighted by Gasteiger charge is 2.18. The number of nitrogens with two attached hydrogens (primary N) is 1. The number of rotatable bonds is 6. The van der Waals surface area contributed by atoms with E-state index in [-0.39, 0.29) is 5.91 Å².